The molecule has 0 fully saturated rings. The van der Waals surface area contributed by atoms with Gasteiger partial charge in [0, 0.05) is 15.6 Å². The summed E-state index contributed by atoms with van der Waals surface area (Å²) in [6.45, 7) is 7.82. The van der Waals surface area contributed by atoms with Gasteiger partial charge in [0.25, 0.3) is 0 Å². The van der Waals surface area contributed by atoms with E-state index in [4.69, 9.17) is 4.74 Å². The topological polar surface area (TPSA) is 26.3 Å². The van der Waals surface area contributed by atoms with Gasteiger partial charge in [-0.15, -0.1) is 11.3 Å². The number of ether oxygens (including phenoxy) is 1. The van der Waals surface area contributed by atoms with E-state index >= 15 is 0 Å². The zero-order chi connectivity index (χ0) is 21.4. The number of aryl methyl sites for hydroxylation is 2. The van der Waals surface area contributed by atoms with Crippen LogP contribution in [-0.4, -0.2) is 5.78 Å². The molecule has 0 amide bonds. The van der Waals surface area contributed by atoms with Gasteiger partial charge in [-0.25, -0.2) is 4.39 Å². The fraction of sp³-hybridized carbons (Fsp3) is 0.192. The maximum absolute atomic E-state index is 13.8. The molecule has 30 heavy (non-hydrogen) atoms. The van der Waals surface area contributed by atoms with Crippen LogP contribution in [0.3, 0.4) is 0 Å². The number of carbonyl (C=O) groups excluding carboxylic acids is 1. The van der Waals surface area contributed by atoms with Crippen molar-refractivity contribution in [2.75, 3.05) is 0 Å². The zero-order valence-corrected chi connectivity index (χ0v) is 18.3. The molecule has 0 bridgehead atoms. The van der Waals surface area contributed by atoms with Crippen LogP contribution in [0.1, 0.15) is 51.7 Å². The Morgan fingerprint density at radius 2 is 1.60 bits per heavy atom. The van der Waals surface area contributed by atoms with Crippen LogP contribution in [-0.2, 0) is 0 Å². The summed E-state index contributed by atoms with van der Waals surface area (Å²) in [5.74, 6) is 1.20. The fourth-order valence-electron chi connectivity index (χ4n) is 3.69. The van der Waals surface area contributed by atoms with Gasteiger partial charge < -0.3 is 4.74 Å². The number of halogens is 1. The molecule has 4 heteroatoms. The fourth-order valence-corrected chi connectivity index (χ4v) is 4.77. The van der Waals surface area contributed by atoms with Gasteiger partial charge in [-0.2, -0.15) is 0 Å². The van der Waals surface area contributed by atoms with E-state index in [1.165, 1.54) is 29.0 Å². The maximum Gasteiger partial charge on any atom is 0.207 e. The molecule has 0 saturated carbocycles. The Bertz CT molecular complexity index is 1210. The summed E-state index contributed by atoms with van der Waals surface area (Å²) in [5.41, 5.74) is 3.01. The molecule has 2 nitrogen and oxygen atoms in total. The molecule has 152 valence electrons. The van der Waals surface area contributed by atoms with E-state index in [1.807, 2.05) is 48.5 Å². The predicted octanol–water partition coefficient (Wildman–Crippen LogP) is 7.80. The summed E-state index contributed by atoms with van der Waals surface area (Å²) in [6.07, 6.45) is 0. The van der Waals surface area contributed by atoms with Gasteiger partial charge in [-0.05, 0) is 72.9 Å². The van der Waals surface area contributed by atoms with Crippen LogP contribution in [0.25, 0.3) is 10.1 Å². The largest absolute Gasteiger partial charge is 0.455 e. The first-order valence-corrected chi connectivity index (χ1v) is 10.8. The van der Waals surface area contributed by atoms with E-state index in [0.717, 1.165) is 10.1 Å². The lowest BCUT2D eigenvalue weighted by Gasteiger charge is -2.12. The summed E-state index contributed by atoms with van der Waals surface area (Å²) in [6, 6.07) is 18.6. The first-order valence-electron chi connectivity index (χ1n) is 9.96. The number of rotatable bonds is 5. The molecule has 1 aromatic heterocycles. The van der Waals surface area contributed by atoms with Crippen molar-refractivity contribution in [2.45, 2.75) is 33.6 Å². The summed E-state index contributed by atoms with van der Waals surface area (Å²) in [7, 11) is 0. The van der Waals surface area contributed by atoms with Crippen molar-refractivity contribution in [2.24, 2.45) is 0 Å². The normalized spacial score (nSPS) is 11.3. The van der Waals surface area contributed by atoms with Gasteiger partial charge >= 0.3 is 0 Å². The van der Waals surface area contributed by atoms with E-state index in [-0.39, 0.29) is 11.6 Å². The second-order valence-corrected chi connectivity index (χ2v) is 8.88. The van der Waals surface area contributed by atoms with E-state index in [0.29, 0.717) is 39.0 Å². The molecular weight excluding hydrogens is 395 g/mol. The highest BCUT2D eigenvalue weighted by molar-refractivity contribution is 7.21. The number of carbonyl (C=O) groups is 1. The molecule has 0 saturated heterocycles. The van der Waals surface area contributed by atoms with Crippen LogP contribution in [0.2, 0.25) is 0 Å². The molecule has 0 aliphatic heterocycles. The maximum atomic E-state index is 13.8. The second-order valence-electron chi connectivity index (χ2n) is 7.83. The third-order valence-electron chi connectivity index (χ3n) is 5.25. The van der Waals surface area contributed by atoms with Gasteiger partial charge in [0.15, 0.2) is 5.75 Å². The lowest BCUT2D eigenvalue weighted by atomic mass is 9.97. The Labute approximate surface area is 179 Å². The average molecular weight is 419 g/mol. The summed E-state index contributed by atoms with van der Waals surface area (Å²) < 4.78 is 21.0. The van der Waals surface area contributed by atoms with Crippen LogP contribution < -0.4 is 4.74 Å². The molecule has 4 rings (SSSR count). The van der Waals surface area contributed by atoms with Crippen molar-refractivity contribution in [1.29, 1.82) is 0 Å². The van der Waals surface area contributed by atoms with Crippen molar-refractivity contribution in [3.8, 4) is 11.5 Å². The van der Waals surface area contributed by atoms with Gasteiger partial charge in [0.2, 0.25) is 5.78 Å². The second kappa shape index (κ2) is 8.04. The van der Waals surface area contributed by atoms with Gasteiger partial charge in [0.1, 0.15) is 16.4 Å². The third kappa shape index (κ3) is 3.75. The molecule has 0 aliphatic rings. The standard InChI is InChI=1S/C26H23FO2S/c1-15(2)18-9-11-20(12-10-18)29-25-21-7-5-6-8-22(21)30-26(25)24(28)23-16(3)13-19(27)14-17(23)4/h5-15H,1-4H3. The summed E-state index contributed by atoms with van der Waals surface area (Å²) in [5, 5.41) is 0.899. The summed E-state index contributed by atoms with van der Waals surface area (Å²) >= 11 is 1.41. The highest BCUT2D eigenvalue weighted by atomic mass is 32.1. The van der Waals surface area contributed by atoms with Crippen LogP contribution in [0.5, 0.6) is 11.5 Å². The van der Waals surface area contributed by atoms with Crippen molar-refractivity contribution in [1.82, 2.24) is 0 Å². The minimum Gasteiger partial charge on any atom is -0.455 e. The zero-order valence-electron chi connectivity index (χ0n) is 17.5. The van der Waals surface area contributed by atoms with Crippen molar-refractivity contribution in [3.05, 3.63) is 93.6 Å². The number of thiophene rings is 1. The van der Waals surface area contributed by atoms with Crippen LogP contribution in [0, 0.1) is 19.7 Å². The van der Waals surface area contributed by atoms with E-state index in [9.17, 15) is 9.18 Å². The van der Waals surface area contributed by atoms with Gasteiger partial charge in [-0.3, -0.25) is 4.79 Å². The van der Waals surface area contributed by atoms with Crippen LogP contribution in [0.15, 0.2) is 60.7 Å². The molecule has 0 aliphatic carbocycles. The lowest BCUT2D eigenvalue weighted by Crippen LogP contribution is -2.06. The molecular formula is C26H23FO2S. The highest BCUT2D eigenvalue weighted by Crippen LogP contribution is 2.42. The Hall–Kier alpha value is -2.98. The molecule has 0 unspecified atom stereocenters. The minimum absolute atomic E-state index is 0.139. The van der Waals surface area contributed by atoms with Crippen LogP contribution in [0.4, 0.5) is 4.39 Å². The Balaban J connectivity index is 1.82. The monoisotopic (exact) mass is 418 g/mol. The first-order chi connectivity index (χ1) is 14.3. The summed E-state index contributed by atoms with van der Waals surface area (Å²) in [4.78, 5) is 14.1. The number of fused-ring (bicyclic) bond motifs is 1. The number of benzene rings is 3. The van der Waals surface area contributed by atoms with Crippen molar-refractivity contribution >= 4 is 27.2 Å². The minimum atomic E-state index is -0.334. The quantitative estimate of drug-likeness (QED) is 0.309. The SMILES string of the molecule is Cc1cc(F)cc(C)c1C(=O)c1sc2ccccc2c1Oc1ccc(C(C)C)cc1. The molecule has 0 N–H and O–H groups in total. The van der Waals surface area contributed by atoms with E-state index < -0.39 is 0 Å². The first kappa shape index (κ1) is 20.3. The average Bonchev–Trinajstić information content (AvgIpc) is 3.06. The van der Waals surface area contributed by atoms with Crippen LogP contribution >= 0.6 is 11.3 Å². The highest BCUT2D eigenvalue weighted by Gasteiger charge is 2.24. The van der Waals surface area contributed by atoms with E-state index in [1.54, 1.807) is 13.8 Å². The van der Waals surface area contributed by atoms with Gasteiger partial charge in [0.05, 0.1) is 0 Å². The van der Waals surface area contributed by atoms with Gasteiger partial charge in [-0.1, -0.05) is 38.1 Å². The molecule has 0 atom stereocenters. The molecule has 3 aromatic carbocycles. The predicted molar refractivity (Wildman–Crippen MR) is 122 cm³/mol. The number of hydrogen-bond acceptors (Lipinski definition) is 3. The molecule has 0 radical (unpaired) electrons. The Morgan fingerprint density at radius 3 is 2.23 bits per heavy atom. The van der Waals surface area contributed by atoms with E-state index in [2.05, 4.69) is 13.8 Å². The molecule has 4 aromatic rings. The Morgan fingerprint density at radius 1 is 0.967 bits per heavy atom. The third-order valence-corrected chi connectivity index (χ3v) is 6.40. The smallest absolute Gasteiger partial charge is 0.207 e. The lowest BCUT2D eigenvalue weighted by molar-refractivity contribution is 0.103. The van der Waals surface area contributed by atoms with Crippen molar-refractivity contribution < 1.29 is 13.9 Å². The molecule has 0 spiro atoms. The van der Waals surface area contributed by atoms with Crippen molar-refractivity contribution in [3.63, 3.8) is 0 Å². The number of ketones is 1. The number of hydrogen-bond donors (Lipinski definition) is 0. The Kier molecular flexibility index (Phi) is 5.44. The molecule has 1 heterocycles.